The molecule has 3 aromatic rings. The van der Waals surface area contributed by atoms with E-state index in [1.807, 2.05) is 48.5 Å². The molecular formula is C23H22FNO4. The van der Waals surface area contributed by atoms with Crippen molar-refractivity contribution in [3.8, 4) is 17.2 Å². The Hall–Kier alpha value is -3.38. The van der Waals surface area contributed by atoms with Gasteiger partial charge in [-0.2, -0.15) is 0 Å². The van der Waals surface area contributed by atoms with Crippen LogP contribution in [0, 0.1) is 5.82 Å². The summed E-state index contributed by atoms with van der Waals surface area (Å²) in [4.78, 5) is 11.3. The Kier molecular flexibility index (Phi) is 6.81. The van der Waals surface area contributed by atoms with Crippen LogP contribution in [0.2, 0.25) is 0 Å². The van der Waals surface area contributed by atoms with Crippen molar-refractivity contribution in [3.63, 3.8) is 0 Å². The minimum atomic E-state index is -0.420. The number of carbonyl (C=O) groups is 1. The highest BCUT2D eigenvalue weighted by Crippen LogP contribution is 2.24. The van der Waals surface area contributed by atoms with Crippen LogP contribution >= 0.6 is 0 Å². The van der Waals surface area contributed by atoms with E-state index < -0.39 is 6.04 Å². The zero-order valence-corrected chi connectivity index (χ0v) is 16.0. The summed E-state index contributed by atoms with van der Waals surface area (Å²) in [5.74, 6) is 1.23. The van der Waals surface area contributed by atoms with Gasteiger partial charge in [0.2, 0.25) is 0 Å². The fourth-order valence-corrected chi connectivity index (χ4v) is 2.70. The van der Waals surface area contributed by atoms with Gasteiger partial charge in [-0.15, -0.1) is 0 Å². The van der Waals surface area contributed by atoms with Gasteiger partial charge in [0.05, 0.1) is 13.5 Å². The second-order valence-corrected chi connectivity index (χ2v) is 6.45. The Labute approximate surface area is 168 Å². The molecule has 2 N–H and O–H groups in total. The highest BCUT2D eigenvalue weighted by atomic mass is 19.1. The van der Waals surface area contributed by atoms with Crippen molar-refractivity contribution in [1.29, 1.82) is 0 Å². The number of hydrogen-bond acceptors (Lipinski definition) is 5. The quantitative estimate of drug-likeness (QED) is 0.557. The van der Waals surface area contributed by atoms with Crippen molar-refractivity contribution in [3.05, 3.63) is 89.7 Å². The molecule has 1 atom stereocenters. The van der Waals surface area contributed by atoms with Gasteiger partial charge in [-0.25, -0.2) is 4.39 Å². The fraction of sp³-hybridized carbons (Fsp3) is 0.174. The van der Waals surface area contributed by atoms with Gasteiger partial charge in [0.1, 0.15) is 29.7 Å². The maximum absolute atomic E-state index is 13.0. The smallest absolute Gasteiger partial charge is 0.307 e. The molecule has 3 aromatic carbocycles. The first-order chi connectivity index (χ1) is 14.0. The van der Waals surface area contributed by atoms with E-state index in [1.54, 1.807) is 12.1 Å². The maximum Gasteiger partial charge on any atom is 0.307 e. The normalized spacial score (nSPS) is 11.6. The van der Waals surface area contributed by atoms with E-state index in [0.717, 1.165) is 11.1 Å². The van der Waals surface area contributed by atoms with Gasteiger partial charge < -0.3 is 19.9 Å². The average Bonchev–Trinajstić information content (AvgIpc) is 2.74. The highest BCUT2D eigenvalue weighted by Gasteiger charge is 2.12. The number of nitrogens with two attached hydrogens (primary N) is 1. The van der Waals surface area contributed by atoms with Crippen molar-refractivity contribution in [2.24, 2.45) is 5.73 Å². The molecule has 0 spiro atoms. The zero-order valence-electron chi connectivity index (χ0n) is 16.0. The molecule has 150 valence electrons. The minimum Gasteiger partial charge on any atom is -0.489 e. The van der Waals surface area contributed by atoms with E-state index in [4.69, 9.17) is 15.2 Å². The Bertz CT molecular complexity index is 942. The molecule has 0 radical (unpaired) electrons. The number of benzene rings is 3. The molecule has 0 aliphatic rings. The summed E-state index contributed by atoms with van der Waals surface area (Å²) in [5.41, 5.74) is 7.76. The Morgan fingerprint density at radius 1 is 0.966 bits per heavy atom. The third-order valence-electron chi connectivity index (χ3n) is 4.28. The summed E-state index contributed by atoms with van der Waals surface area (Å²) in [6.07, 6.45) is 0.123. The summed E-state index contributed by atoms with van der Waals surface area (Å²) in [6, 6.07) is 20.2. The summed E-state index contributed by atoms with van der Waals surface area (Å²) in [6.45, 7) is 0.355. The maximum atomic E-state index is 13.0. The van der Waals surface area contributed by atoms with Crippen LogP contribution in [0.4, 0.5) is 4.39 Å². The molecule has 0 saturated heterocycles. The molecule has 0 aliphatic carbocycles. The molecule has 0 bridgehead atoms. The number of methoxy groups -OCH3 is 1. The zero-order chi connectivity index (χ0) is 20.6. The number of carbonyl (C=O) groups excluding carboxylic acids is 1. The van der Waals surface area contributed by atoms with Crippen LogP contribution < -0.4 is 15.2 Å². The first kappa shape index (κ1) is 20.4. The number of halogens is 1. The van der Waals surface area contributed by atoms with Crippen molar-refractivity contribution in [1.82, 2.24) is 0 Å². The second kappa shape index (κ2) is 9.71. The lowest BCUT2D eigenvalue weighted by atomic mass is 10.0. The molecule has 0 aromatic heterocycles. The predicted octanol–water partition coefficient (Wildman–Crippen LogP) is 4.76. The third kappa shape index (κ3) is 6.05. The summed E-state index contributed by atoms with van der Waals surface area (Å²) < 4.78 is 29.2. The molecule has 3 rings (SSSR count). The number of rotatable bonds is 8. The van der Waals surface area contributed by atoms with E-state index in [1.165, 1.54) is 19.2 Å². The van der Waals surface area contributed by atoms with Gasteiger partial charge in [-0.1, -0.05) is 24.3 Å². The Morgan fingerprint density at radius 3 is 2.34 bits per heavy atom. The predicted molar refractivity (Wildman–Crippen MR) is 107 cm³/mol. The first-order valence-electron chi connectivity index (χ1n) is 9.11. The fourth-order valence-electron chi connectivity index (χ4n) is 2.70. The molecule has 0 fully saturated rings. The van der Waals surface area contributed by atoms with Gasteiger partial charge in [-0.3, -0.25) is 4.79 Å². The lowest BCUT2D eigenvalue weighted by Crippen LogP contribution is -2.16. The highest BCUT2D eigenvalue weighted by molar-refractivity contribution is 5.70. The summed E-state index contributed by atoms with van der Waals surface area (Å²) >= 11 is 0. The van der Waals surface area contributed by atoms with Gasteiger partial charge in [-0.05, 0) is 59.7 Å². The molecule has 6 heteroatoms. The molecule has 0 aliphatic heterocycles. The van der Waals surface area contributed by atoms with Crippen LogP contribution in [0.1, 0.15) is 23.6 Å². The Balaban J connectivity index is 1.57. The third-order valence-corrected chi connectivity index (χ3v) is 4.28. The van der Waals surface area contributed by atoms with E-state index >= 15 is 0 Å². The molecule has 0 heterocycles. The van der Waals surface area contributed by atoms with Crippen molar-refractivity contribution < 1.29 is 23.4 Å². The molecule has 0 saturated carbocycles. The SMILES string of the molecule is COC(=O)C[C@H](N)c1ccc(OCc2cccc(Oc3ccc(F)cc3)c2)cc1. The number of esters is 1. The standard InChI is InChI=1S/C23H22FNO4/c1-27-23(26)14-22(25)17-5-9-19(10-6-17)28-15-16-3-2-4-21(13-16)29-20-11-7-18(24)8-12-20/h2-13,22H,14-15,25H2,1H3/t22-/m0/s1. The molecule has 5 nitrogen and oxygen atoms in total. The average molecular weight is 395 g/mol. The molecule has 0 amide bonds. The topological polar surface area (TPSA) is 70.8 Å². The summed E-state index contributed by atoms with van der Waals surface area (Å²) in [7, 11) is 1.34. The van der Waals surface area contributed by atoms with Crippen LogP contribution in [0.3, 0.4) is 0 Å². The largest absolute Gasteiger partial charge is 0.489 e. The first-order valence-corrected chi connectivity index (χ1v) is 9.11. The van der Waals surface area contributed by atoms with Crippen LogP contribution in [0.15, 0.2) is 72.8 Å². The number of ether oxygens (including phenoxy) is 3. The molecular weight excluding hydrogens is 373 g/mol. The van der Waals surface area contributed by atoms with Gasteiger partial charge in [0.15, 0.2) is 0 Å². The van der Waals surface area contributed by atoms with Crippen molar-refractivity contribution in [2.75, 3.05) is 7.11 Å². The lowest BCUT2D eigenvalue weighted by Gasteiger charge is -2.12. The second-order valence-electron chi connectivity index (χ2n) is 6.45. The van der Waals surface area contributed by atoms with Gasteiger partial charge in [0, 0.05) is 6.04 Å². The Morgan fingerprint density at radius 2 is 1.66 bits per heavy atom. The molecule has 0 unspecified atom stereocenters. The van der Waals surface area contributed by atoms with E-state index in [0.29, 0.717) is 23.9 Å². The lowest BCUT2D eigenvalue weighted by molar-refractivity contribution is -0.141. The van der Waals surface area contributed by atoms with Crippen molar-refractivity contribution in [2.45, 2.75) is 19.1 Å². The van der Waals surface area contributed by atoms with Gasteiger partial charge >= 0.3 is 5.97 Å². The summed E-state index contributed by atoms with van der Waals surface area (Å²) in [5, 5.41) is 0. The molecule has 29 heavy (non-hydrogen) atoms. The van der Waals surface area contributed by atoms with E-state index in [9.17, 15) is 9.18 Å². The van der Waals surface area contributed by atoms with Crippen LogP contribution in [0.5, 0.6) is 17.2 Å². The van der Waals surface area contributed by atoms with Crippen LogP contribution in [-0.2, 0) is 16.1 Å². The van der Waals surface area contributed by atoms with Crippen LogP contribution in [0.25, 0.3) is 0 Å². The van der Waals surface area contributed by atoms with Crippen LogP contribution in [-0.4, -0.2) is 13.1 Å². The number of hydrogen-bond donors (Lipinski definition) is 1. The van der Waals surface area contributed by atoms with Gasteiger partial charge in [0.25, 0.3) is 0 Å². The van der Waals surface area contributed by atoms with E-state index in [2.05, 4.69) is 4.74 Å². The van der Waals surface area contributed by atoms with Crippen molar-refractivity contribution >= 4 is 5.97 Å². The van der Waals surface area contributed by atoms with E-state index in [-0.39, 0.29) is 18.2 Å². The minimum absolute atomic E-state index is 0.123. The monoisotopic (exact) mass is 395 g/mol.